The molecule has 0 saturated heterocycles. The highest BCUT2D eigenvalue weighted by Crippen LogP contribution is 2.23. The minimum Gasteiger partial charge on any atom is -0.312 e. The molecule has 3 rings (SSSR count). The van der Waals surface area contributed by atoms with Gasteiger partial charge >= 0.3 is 0 Å². The van der Waals surface area contributed by atoms with E-state index in [9.17, 15) is 8.42 Å². The highest BCUT2D eigenvalue weighted by Gasteiger charge is 2.14. The molecular formula is C19H17BrN2O2S2. The van der Waals surface area contributed by atoms with Crippen LogP contribution in [0.4, 0.5) is 0 Å². The average Bonchev–Trinajstić information content (AvgIpc) is 2.98. The first-order chi connectivity index (χ1) is 12.4. The molecular weight excluding hydrogens is 432 g/mol. The maximum absolute atomic E-state index is 12.7. The summed E-state index contributed by atoms with van der Waals surface area (Å²) in [6.07, 6.45) is 1.73. The van der Waals surface area contributed by atoms with Crippen LogP contribution in [0, 0.1) is 6.92 Å². The zero-order valence-corrected chi connectivity index (χ0v) is 17.3. The van der Waals surface area contributed by atoms with Gasteiger partial charge in [0.2, 0.25) is 4.80 Å². The minimum atomic E-state index is -3.77. The summed E-state index contributed by atoms with van der Waals surface area (Å²) >= 11 is 4.72. The lowest BCUT2D eigenvalue weighted by Crippen LogP contribution is -2.17. The van der Waals surface area contributed by atoms with E-state index >= 15 is 0 Å². The molecule has 1 aromatic heterocycles. The van der Waals surface area contributed by atoms with Crippen LogP contribution in [0.1, 0.15) is 5.56 Å². The van der Waals surface area contributed by atoms with Crippen LogP contribution in [0.25, 0.3) is 11.3 Å². The van der Waals surface area contributed by atoms with Gasteiger partial charge in [0.25, 0.3) is 10.0 Å². The Kier molecular flexibility index (Phi) is 5.60. The third-order valence-electron chi connectivity index (χ3n) is 3.77. The van der Waals surface area contributed by atoms with E-state index in [0.717, 1.165) is 21.3 Å². The smallest absolute Gasteiger partial charge is 0.285 e. The van der Waals surface area contributed by atoms with Crippen LogP contribution < -0.4 is 4.80 Å². The zero-order valence-electron chi connectivity index (χ0n) is 14.1. The molecule has 0 aliphatic rings. The molecule has 0 aliphatic heterocycles. The lowest BCUT2D eigenvalue weighted by atomic mass is 10.2. The SMILES string of the molecule is C=CCn1c(-c2ccc(Br)cc2)cs/c1=N\S(=O)(=O)c1ccc(C)cc1. The van der Waals surface area contributed by atoms with Gasteiger partial charge in [-0.2, -0.15) is 8.42 Å². The van der Waals surface area contributed by atoms with Crippen LogP contribution in [0.15, 0.2) is 80.3 Å². The molecule has 0 bridgehead atoms. The molecule has 0 saturated carbocycles. The molecule has 0 fully saturated rings. The predicted molar refractivity (Wildman–Crippen MR) is 110 cm³/mol. The number of benzene rings is 2. The van der Waals surface area contributed by atoms with E-state index < -0.39 is 10.0 Å². The molecule has 0 spiro atoms. The molecule has 134 valence electrons. The first-order valence-electron chi connectivity index (χ1n) is 7.83. The summed E-state index contributed by atoms with van der Waals surface area (Å²) in [6, 6.07) is 14.5. The third kappa shape index (κ3) is 4.06. The van der Waals surface area contributed by atoms with Crippen molar-refractivity contribution in [1.82, 2.24) is 4.57 Å². The Labute approximate surface area is 165 Å². The maximum Gasteiger partial charge on any atom is 0.285 e. The van der Waals surface area contributed by atoms with E-state index in [1.807, 2.05) is 41.1 Å². The summed E-state index contributed by atoms with van der Waals surface area (Å²) < 4.78 is 32.2. The van der Waals surface area contributed by atoms with Gasteiger partial charge in [-0.1, -0.05) is 51.8 Å². The van der Waals surface area contributed by atoms with Crippen molar-refractivity contribution < 1.29 is 8.42 Å². The van der Waals surface area contributed by atoms with Gasteiger partial charge in [-0.05, 0) is 36.8 Å². The number of rotatable bonds is 5. The van der Waals surface area contributed by atoms with E-state index in [1.165, 1.54) is 11.3 Å². The summed E-state index contributed by atoms with van der Waals surface area (Å²) in [7, 11) is -3.77. The maximum atomic E-state index is 12.7. The molecule has 3 aromatic rings. The largest absolute Gasteiger partial charge is 0.312 e. The number of halogens is 1. The van der Waals surface area contributed by atoms with Crippen molar-refractivity contribution in [1.29, 1.82) is 0 Å². The van der Waals surface area contributed by atoms with E-state index in [-0.39, 0.29) is 4.90 Å². The van der Waals surface area contributed by atoms with Gasteiger partial charge in [0.05, 0.1) is 10.6 Å². The molecule has 0 atom stereocenters. The van der Waals surface area contributed by atoms with Gasteiger partial charge in [-0.3, -0.25) is 0 Å². The molecule has 1 heterocycles. The van der Waals surface area contributed by atoms with Crippen LogP contribution in [-0.4, -0.2) is 13.0 Å². The van der Waals surface area contributed by atoms with Crippen molar-refractivity contribution in [2.75, 3.05) is 0 Å². The number of hydrogen-bond acceptors (Lipinski definition) is 3. The Bertz CT molecular complexity index is 1090. The van der Waals surface area contributed by atoms with Crippen molar-refractivity contribution in [2.24, 2.45) is 4.40 Å². The Morgan fingerprint density at radius 1 is 1.15 bits per heavy atom. The van der Waals surface area contributed by atoms with E-state index in [4.69, 9.17) is 0 Å². The normalized spacial score (nSPS) is 12.3. The van der Waals surface area contributed by atoms with Crippen molar-refractivity contribution in [3.8, 4) is 11.3 Å². The molecule has 0 radical (unpaired) electrons. The van der Waals surface area contributed by atoms with Gasteiger partial charge in [-0.25, -0.2) is 0 Å². The number of nitrogens with zero attached hydrogens (tertiary/aromatic N) is 2. The average molecular weight is 449 g/mol. The van der Waals surface area contributed by atoms with E-state index in [0.29, 0.717) is 11.3 Å². The van der Waals surface area contributed by atoms with E-state index in [1.54, 1.807) is 30.3 Å². The number of sulfonamides is 1. The van der Waals surface area contributed by atoms with Crippen molar-refractivity contribution >= 4 is 37.3 Å². The van der Waals surface area contributed by atoms with Gasteiger partial charge in [-0.15, -0.1) is 22.3 Å². The second-order valence-electron chi connectivity index (χ2n) is 5.69. The van der Waals surface area contributed by atoms with Crippen molar-refractivity contribution in [3.63, 3.8) is 0 Å². The molecule has 7 heteroatoms. The summed E-state index contributed by atoms with van der Waals surface area (Å²) in [5.41, 5.74) is 2.89. The highest BCUT2D eigenvalue weighted by atomic mass is 79.9. The van der Waals surface area contributed by atoms with Gasteiger partial charge in [0.1, 0.15) is 0 Å². The fraction of sp³-hybridized carbons (Fsp3) is 0.105. The van der Waals surface area contributed by atoms with Gasteiger partial charge in [0, 0.05) is 16.4 Å². The lowest BCUT2D eigenvalue weighted by molar-refractivity contribution is 0.595. The molecule has 0 N–H and O–H groups in total. The second kappa shape index (κ2) is 7.73. The summed E-state index contributed by atoms with van der Waals surface area (Å²) in [5, 5.41) is 1.91. The first kappa shape index (κ1) is 18.8. The highest BCUT2D eigenvalue weighted by molar-refractivity contribution is 9.10. The zero-order chi connectivity index (χ0) is 18.7. The number of hydrogen-bond donors (Lipinski definition) is 0. The van der Waals surface area contributed by atoms with Crippen LogP contribution >= 0.6 is 27.3 Å². The number of allylic oxidation sites excluding steroid dienone is 1. The van der Waals surface area contributed by atoms with Gasteiger partial charge in [0.15, 0.2) is 0 Å². The Hall–Kier alpha value is -1.96. The summed E-state index contributed by atoms with van der Waals surface area (Å²) in [5.74, 6) is 0. The predicted octanol–water partition coefficient (Wildman–Crippen LogP) is 4.76. The number of aryl methyl sites for hydroxylation is 1. The van der Waals surface area contributed by atoms with Crippen LogP contribution in [-0.2, 0) is 16.6 Å². The second-order valence-corrected chi connectivity index (χ2v) is 9.05. The van der Waals surface area contributed by atoms with E-state index in [2.05, 4.69) is 26.9 Å². The van der Waals surface area contributed by atoms with Crippen molar-refractivity contribution in [2.45, 2.75) is 18.4 Å². The van der Waals surface area contributed by atoms with Crippen LogP contribution in [0.2, 0.25) is 0 Å². The van der Waals surface area contributed by atoms with Gasteiger partial charge < -0.3 is 4.57 Å². The molecule has 0 unspecified atom stereocenters. The quantitative estimate of drug-likeness (QED) is 0.528. The molecule has 0 aliphatic carbocycles. The topological polar surface area (TPSA) is 51.4 Å². The molecule has 26 heavy (non-hydrogen) atoms. The number of thiazole rings is 1. The molecule has 0 amide bonds. The summed E-state index contributed by atoms with van der Waals surface area (Å²) in [4.78, 5) is 0.607. The third-order valence-corrected chi connectivity index (χ3v) is 6.56. The Morgan fingerprint density at radius 3 is 2.42 bits per heavy atom. The standard InChI is InChI=1S/C19H17BrN2O2S2/c1-3-12-22-18(15-6-8-16(20)9-7-15)13-25-19(22)21-26(23,24)17-10-4-14(2)5-11-17/h3-11,13H,1,12H2,2H3/b21-19-. The first-order valence-corrected chi connectivity index (χ1v) is 10.9. The fourth-order valence-corrected chi connectivity index (χ4v) is 4.83. The number of aromatic nitrogens is 1. The molecule has 2 aromatic carbocycles. The molecule has 4 nitrogen and oxygen atoms in total. The summed E-state index contributed by atoms with van der Waals surface area (Å²) in [6.45, 7) is 6.16. The Morgan fingerprint density at radius 2 is 1.81 bits per heavy atom. The monoisotopic (exact) mass is 448 g/mol. The van der Waals surface area contributed by atoms with Crippen molar-refractivity contribution in [3.05, 3.63) is 81.4 Å². The fourth-order valence-electron chi connectivity index (χ4n) is 2.43. The van der Waals surface area contributed by atoms with Crippen LogP contribution in [0.3, 0.4) is 0 Å². The van der Waals surface area contributed by atoms with Crippen LogP contribution in [0.5, 0.6) is 0 Å². The lowest BCUT2D eigenvalue weighted by Gasteiger charge is -2.07. The minimum absolute atomic E-state index is 0.187. The Balaban J connectivity index is 2.12.